The number of rotatable bonds is 6. The van der Waals surface area contributed by atoms with Crippen molar-refractivity contribution in [1.82, 2.24) is 4.98 Å². The zero-order chi connectivity index (χ0) is 22.7. The fourth-order valence-electron chi connectivity index (χ4n) is 3.19. The van der Waals surface area contributed by atoms with Crippen LogP contribution in [0.2, 0.25) is 0 Å². The fraction of sp³-hybridized carbons (Fsp3) is 0.125. The summed E-state index contributed by atoms with van der Waals surface area (Å²) in [7, 11) is 4.55. The van der Waals surface area contributed by atoms with Crippen molar-refractivity contribution in [2.75, 3.05) is 21.3 Å². The highest BCUT2D eigenvalue weighted by Crippen LogP contribution is 2.39. The molecule has 1 aliphatic heterocycles. The largest absolute Gasteiger partial charge is 0.496 e. The zero-order valence-corrected chi connectivity index (χ0v) is 17.6. The summed E-state index contributed by atoms with van der Waals surface area (Å²) in [5.74, 6) is 1.26. The number of carbonyl (C=O) groups excluding carboxylic acids is 2. The molecule has 0 amide bonds. The third-order valence-corrected chi connectivity index (χ3v) is 4.79. The van der Waals surface area contributed by atoms with Crippen LogP contribution in [-0.2, 0) is 0 Å². The van der Waals surface area contributed by atoms with Gasteiger partial charge in [-0.05, 0) is 36.4 Å². The van der Waals surface area contributed by atoms with E-state index in [-0.39, 0.29) is 17.3 Å². The standard InChI is InChI=1S/C24H19NO7/c1-28-18-13-21(30-3)20(29-2)10-15(18)11-22-23(26)17-5-4-16(12-19(17)32-22)31-24(27)14-6-8-25-9-7-14/h4-13H,1-3H3/b22-11-. The molecule has 3 aromatic rings. The highest BCUT2D eigenvalue weighted by molar-refractivity contribution is 6.14. The first-order valence-corrected chi connectivity index (χ1v) is 9.54. The summed E-state index contributed by atoms with van der Waals surface area (Å²) in [5, 5.41) is 0. The Hall–Kier alpha value is -4.33. The minimum atomic E-state index is -0.539. The van der Waals surface area contributed by atoms with Gasteiger partial charge in [-0.3, -0.25) is 9.78 Å². The molecule has 8 heteroatoms. The first-order chi connectivity index (χ1) is 15.5. The molecule has 2 heterocycles. The number of hydrogen-bond acceptors (Lipinski definition) is 8. The third-order valence-electron chi connectivity index (χ3n) is 4.79. The summed E-state index contributed by atoms with van der Waals surface area (Å²) < 4.78 is 27.2. The Morgan fingerprint density at radius 2 is 1.59 bits per heavy atom. The molecular weight excluding hydrogens is 414 g/mol. The van der Waals surface area contributed by atoms with Gasteiger partial charge in [-0.25, -0.2) is 4.79 Å². The van der Waals surface area contributed by atoms with Gasteiger partial charge in [0.1, 0.15) is 17.2 Å². The molecule has 162 valence electrons. The summed E-state index contributed by atoms with van der Waals surface area (Å²) >= 11 is 0. The molecule has 0 spiro atoms. The monoisotopic (exact) mass is 433 g/mol. The Balaban J connectivity index is 1.61. The van der Waals surface area contributed by atoms with E-state index in [9.17, 15) is 9.59 Å². The van der Waals surface area contributed by atoms with E-state index in [0.717, 1.165) is 0 Å². The van der Waals surface area contributed by atoms with E-state index in [0.29, 0.717) is 39.7 Å². The van der Waals surface area contributed by atoms with Gasteiger partial charge in [-0.15, -0.1) is 0 Å². The van der Waals surface area contributed by atoms with Gasteiger partial charge in [0.2, 0.25) is 5.78 Å². The van der Waals surface area contributed by atoms with Gasteiger partial charge in [0, 0.05) is 30.1 Å². The van der Waals surface area contributed by atoms with E-state index in [1.54, 1.807) is 42.5 Å². The second-order valence-electron chi connectivity index (χ2n) is 6.67. The second kappa shape index (κ2) is 8.81. The number of Topliss-reactive ketones (excluding diaryl/α,β-unsaturated/α-hetero) is 1. The maximum atomic E-state index is 12.8. The minimum Gasteiger partial charge on any atom is -0.496 e. The summed E-state index contributed by atoms with van der Waals surface area (Å²) in [6.45, 7) is 0. The van der Waals surface area contributed by atoms with Crippen LogP contribution < -0.4 is 23.7 Å². The van der Waals surface area contributed by atoms with Crippen molar-refractivity contribution in [2.45, 2.75) is 0 Å². The number of nitrogens with zero attached hydrogens (tertiary/aromatic N) is 1. The van der Waals surface area contributed by atoms with Crippen LogP contribution in [0.1, 0.15) is 26.3 Å². The molecule has 0 saturated heterocycles. The predicted octanol–water partition coefficient (Wildman–Crippen LogP) is 3.94. The predicted molar refractivity (Wildman–Crippen MR) is 115 cm³/mol. The summed E-state index contributed by atoms with van der Waals surface area (Å²) in [5.41, 5.74) is 1.30. The van der Waals surface area contributed by atoms with Gasteiger partial charge in [0.05, 0.1) is 32.5 Å². The average molecular weight is 433 g/mol. The molecule has 2 aromatic carbocycles. The van der Waals surface area contributed by atoms with E-state index in [4.69, 9.17) is 23.7 Å². The van der Waals surface area contributed by atoms with E-state index in [2.05, 4.69) is 4.98 Å². The maximum Gasteiger partial charge on any atom is 0.343 e. The van der Waals surface area contributed by atoms with Gasteiger partial charge in [0.25, 0.3) is 0 Å². The van der Waals surface area contributed by atoms with Gasteiger partial charge in [-0.1, -0.05) is 0 Å². The van der Waals surface area contributed by atoms with Crippen molar-refractivity contribution in [3.63, 3.8) is 0 Å². The van der Waals surface area contributed by atoms with Crippen molar-refractivity contribution >= 4 is 17.8 Å². The lowest BCUT2D eigenvalue weighted by Crippen LogP contribution is -2.08. The SMILES string of the molecule is COc1cc(OC)c(OC)cc1/C=C1\Oc2cc(OC(=O)c3ccncc3)ccc2C1=O. The Morgan fingerprint density at radius 1 is 0.906 bits per heavy atom. The number of hydrogen-bond donors (Lipinski definition) is 0. The number of allylic oxidation sites excluding steroid dienone is 1. The molecule has 0 aliphatic carbocycles. The lowest BCUT2D eigenvalue weighted by molar-refractivity contribution is 0.0734. The Labute approximate surface area is 184 Å². The molecule has 4 rings (SSSR count). The van der Waals surface area contributed by atoms with E-state index >= 15 is 0 Å². The van der Waals surface area contributed by atoms with Crippen LogP contribution in [0.25, 0.3) is 6.08 Å². The summed E-state index contributed by atoms with van der Waals surface area (Å²) in [4.78, 5) is 29.0. The molecule has 0 atom stereocenters. The second-order valence-corrected chi connectivity index (χ2v) is 6.67. The van der Waals surface area contributed by atoms with Crippen molar-refractivity contribution in [1.29, 1.82) is 0 Å². The first kappa shape index (κ1) is 20.9. The summed E-state index contributed by atoms with van der Waals surface area (Å²) in [6.07, 6.45) is 4.56. The Kier molecular flexibility index (Phi) is 5.76. The van der Waals surface area contributed by atoms with E-state index in [1.165, 1.54) is 39.8 Å². The molecule has 8 nitrogen and oxygen atoms in total. The number of esters is 1. The van der Waals surface area contributed by atoms with Crippen LogP contribution >= 0.6 is 0 Å². The molecular formula is C24H19NO7. The van der Waals surface area contributed by atoms with Crippen LogP contribution in [-0.4, -0.2) is 38.1 Å². The lowest BCUT2D eigenvalue weighted by Gasteiger charge is -2.12. The lowest BCUT2D eigenvalue weighted by atomic mass is 10.1. The molecule has 0 unspecified atom stereocenters. The smallest absolute Gasteiger partial charge is 0.343 e. The van der Waals surface area contributed by atoms with E-state index < -0.39 is 5.97 Å². The first-order valence-electron chi connectivity index (χ1n) is 9.54. The molecule has 0 bridgehead atoms. The molecule has 0 fully saturated rings. The van der Waals surface area contributed by atoms with Crippen molar-refractivity contribution < 1.29 is 33.3 Å². The third kappa shape index (κ3) is 3.98. The molecule has 0 N–H and O–H groups in total. The van der Waals surface area contributed by atoms with Crippen LogP contribution in [0.4, 0.5) is 0 Å². The molecule has 32 heavy (non-hydrogen) atoms. The maximum absolute atomic E-state index is 12.8. The number of ether oxygens (including phenoxy) is 5. The van der Waals surface area contributed by atoms with Gasteiger partial charge in [-0.2, -0.15) is 0 Å². The molecule has 0 saturated carbocycles. The number of fused-ring (bicyclic) bond motifs is 1. The number of benzene rings is 2. The van der Waals surface area contributed by atoms with Crippen molar-refractivity contribution in [3.8, 4) is 28.7 Å². The van der Waals surface area contributed by atoms with Gasteiger partial charge in [0.15, 0.2) is 17.3 Å². The topological polar surface area (TPSA) is 93.2 Å². The highest BCUT2D eigenvalue weighted by atomic mass is 16.5. The van der Waals surface area contributed by atoms with Crippen molar-refractivity contribution in [3.05, 3.63) is 77.3 Å². The molecule has 1 aromatic heterocycles. The fourth-order valence-corrected chi connectivity index (χ4v) is 3.19. The summed E-state index contributed by atoms with van der Waals surface area (Å²) in [6, 6.07) is 11.0. The van der Waals surface area contributed by atoms with Gasteiger partial charge >= 0.3 is 5.97 Å². The number of ketones is 1. The normalized spacial score (nSPS) is 13.3. The van der Waals surface area contributed by atoms with Crippen LogP contribution in [0.15, 0.2) is 60.6 Å². The average Bonchev–Trinajstić information content (AvgIpc) is 3.13. The number of pyridine rings is 1. The number of aromatic nitrogens is 1. The van der Waals surface area contributed by atoms with Crippen molar-refractivity contribution in [2.24, 2.45) is 0 Å². The highest BCUT2D eigenvalue weighted by Gasteiger charge is 2.28. The van der Waals surface area contributed by atoms with Crippen LogP contribution in [0.5, 0.6) is 28.7 Å². The molecule has 0 radical (unpaired) electrons. The van der Waals surface area contributed by atoms with Crippen LogP contribution in [0, 0.1) is 0 Å². The number of methoxy groups -OCH3 is 3. The zero-order valence-electron chi connectivity index (χ0n) is 17.6. The Bertz CT molecular complexity index is 1220. The molecule has 1 aliphatic rings. The van der Waals surface area contributed by atoms with Crippen LogP contribution in [0.3, 0.4) is 0 Å². The quantitative estimate of drug-likeness (QED) is 0.328. The number of carbonyl (C=O) groups is 2. The van der Waals surface area contributed by atoms with Gasteiger partial charge < -0.3 is 23.7 Å². The Morgan fingerprint density at radius 3 is 2.28 bits per heavy atom. The minimum absolute atomic E-state index is 0.100. The van der Waals surface area contributed by atoms with E-state index in [1.807, 2.05) is 0 Å².